The Hall–Kier alpha value is -4.32. The molecule has 2 fully saturated rings. The van der Waals surface area contributed by atoms with Gasteiger partial charge in [-0.15, -0.1) is 0 Å². The van der Waals surface area contributed by atoms with Crippen LogP contribution in [0.15, 0.2) is 0 Å². The number of carbonyl (C=O) groups is 8. The minimum atomic E-state index is -1.10. The van der Waals surface area contributed by atoms with E-state index in [0.717, 1.165) is 0 Å². The Morgan fingerprint density at radius 1 is 0.721 bits per heavy atom. The molecule has 2 aliphatic rings. The van der Waals surface area contributed by atoms with Gasteiger partial charge in [-0.25, -0.2) is 11.0 Å². The lowest BCUT2D eigenvalue weighted by Gasteiger charge is -2.29. The summed E-state index contributed by atoms with van der Waals surface area (Å²) in [5, 5.41) is 9.60. The largest absolute Gasteiger partial charge is 0.345 e. The Balaban J connectivity index is 2.13. The molecule has 4 atom stereocenters. The first-order valence-corrected chi connectivity index (χ1v) is 14.0. The van der Waals surface area contributed by atoms with E-state index < -0.39 is 97.7 Å². The minimum Gasteiger partial charge on any atom is -0.345 e. The molecule has 240 valence electrons. The lowest BCUT2D eigenvalue weighted by atomic mass is 10.1. The maximum atomic E-state index is 12.8. The smallest absolute Gasteiger partial charge is 0.265 e. The van der Waals surface area contributed by atoms with E-state index in [0.29, 0.717) is 12.8 Å². The van der Waals surface area contributed by atoms with Crippen LogP contribution in [0.2, 0.25) is 0 Å². The van der Waals surface area contributed by atoms with Crippen molar-refractivity contribution in [2.75, 3.05) is 39.4 Å². The fourth-order valence-electron chi connectivity index (χ4n) is 4.42. The average Bonchev–Trinajstić information content (AvgIpc) is 3.47. The number of hydrogen-bond acceptors (Lipinski definition) is 10. The number of carbonyl (C=O) groups excluding carboxylic acids is 8. The van der Waals surface area contributed by atoms with Gasteiger partial charge in [-0.05, 0) is 40.0 Å². The van der Waals surface area contributed by atoms with Crippen molar-refractivity contribution in [1.29, 1.82) is 0 Å². The van der Waals surface area contributed by atoms with Crippen molar-refractivity contribution in [2.45, 2.75) is 71.1 Å². The van der Waals surface area contributed by atoms with E-state index in [1.165, 1.54) is 23.6 Å². The van der Waals surface area contributed by atoms with E-state index in [1.54, 1.807) is 13.8 Å². The summed E-state index contributed by atoms with van der Waals surface area (Å²) in [5.74, 6) is -5.35. The predicted molar refractivity (Wildman–Crippen MR) is 146 cm³/mol. The number of likely N-dealkylation sites (N-methyl/N-ethyl adjacent to an activating group) is 1. The Morgan fingerprint density at radius 2 is 1.23 bits per heavy atom. The maximum absolute atomic E-state index is 12.8. The maximum Gasteiger partial charge on any atom is 0.265 e. The van der Waals surface area contributed by atoms with Crippen LogP contribution in [0.1, 0.15) is 47.0 Å². The highest BCUT2D eigenvalue weighted by atomic mass is 16.7. The van der Waals surface area contributed by atoms with Crippen LogP contribution in [0, 0.1) is 0 Å². The fourth-order valence-corrected chi connectivity index (χ4v) is 4.42. The molecule has 0 aromatic heterocycles. The molecule has 0 aromatic rings. The molecule has 43 heavy (non-hydrogen) atoms. The zero-order chi connectivity index (χ0) is 32.1. The summed E-state index contributed by atoms with van der Waals surface area (Å²) < 4.78 is 0. The van der Waals surface area contributed by atoms with Crippen LogP contribution < -0.4 is 32.2 Å². The van der Waals surface area contributed by atoms with Crippen LogP contribution in [-0.2, 0) is 48.0 Å². The highest BCUT2D eigenvalue weighted by Crippen LogP contribution is 2.17. The summed E-state index contributed by atoms with van der Waals surface area (Å²) in [4.78, 5) is 113. The van der Waals surface area contributed by atoms with Gasteiger partial charge < -0.3 is 31.1 Å². The third kappa shape index (κ3) is 10.5. The Labute approximate surface area is 248 Å². The molecular weight excluding hydrogens is 572 g/mol. The van der Waals surface area contributed by atoms with Gasteiger partial charge in [-0.1, -0.05) is 6.92 Å². The molecule has 8 amide bonds. The van der Waals surface area contributed by atoms with E-state index in [-0.39, 0.29) is 19.5 Å². The zero-order valence-corrected chi connectivity index (χ0v) is 24.7. The van der Waals surface area contributed by atoms with Gasteiger partial charge in [0.15, 0.2) is 13.2 Å². The number of nitrogens with zero attached hydrogens (tertiary/aromatic N) is 2. The van der Waals surface area contributed by atoms with Crippen LogP contribution in [0.4, 0.5) is 0 Å². The SMILES string of the molecule is CCC1C(=O)NCC(=O)NC(C)C(=O)NOCC(=O)N2CCCC2C(=O)NCC(=O)NC(C)C(=O)NOCC(=O)N1CC. The van der Waals surface area contributed by atoms with Gasteiger partial charge in [-0.2, -0.15) is 0 Å². The van der Waals surface area contributed by atoms with Crippen molar-refractivity contribution in [2.24, 2.45) is 0 Å². The quantitative estimate of drug-likeness (QED) is 0.177. The van der Waals surface area contributed by atoms with E-state index in [4.69, 9.17) is 9.68 Å². The van der Waals surface area contributed by atoms with E-state index in [2.05, 4.69) is 32.2 Å². The van der Waals surface area contributed by atoms with Crippen molar-refractivity contribution in [3.8, 4) is 0 Å². The van der Waals surface area contributed by atoms with Gasteiger partial charge in [-0.3, -0.25) is 48.0 Å². The number of nitrogens with one attached hydrogen (secondary N) is 6. The van der Waals surface area contributed by atoms with Crippen molar-refractivity contribution >= 4 is 47.3 Å². The van der Waals surface area contributed by atoms with Crippen LogP contribution in [-0.4, -0.2) is 121 Å². The number of rotatable bonds is 2. The van der Waals surface area contributed by atoms with Crippen LogP contribution >= 0.6 is 0 Å². The van der Waals surface area contributed by atoms with Gasteiger partial charge in [0.1, 0.15) is 24.2 Å². The van der Waals surface area contributed by atoms with Gasteiger partial charge in [0, 0.05) is 13.1 Å². The van der Waals surface area contributed by atoms with E-state index in [1.807, 2.05) is 0 Å². The average molecular weight is 613 g/mol. The lowest BCUT2D eigenvalue weighted by Crippen LogP contribution is -2.54. The van der Waals surface area contributed by atoms with Crippen molar-refractivity contribution in [1.82, 2.24) is 42.0 Å². The molecule has 18 heteroatoms. The highest BCUT2D eigenvalue weighted by Gasteiger charge is 2.34. The summed E-state index contributed by atoms with van der Waals surface area (Å²) in [6.07, 6.45) is 1.07. The number of amides is 8. The second-order valence-electron chi connectivity index (χ2n) is 9.87. The molecular formula is C25H40N8O10. The van der Waals surface area contributed by atoms with Gasteiger partial charge >= 0.3 is 0 Å². The number of hydroxylamine groups is 2. The first-order valence-electron chi connectivity index (χ1n) is 14.0. The molecule has 4 unspecified atom stereocenters. The molecule has 6 N–H and O–H groups in total. The van der Waals surface area contributed by atoms with Crippen molar-refractivity contribution in [3.05, 3.63) is 0 Å². The molecule has 0 aliphatic carbocycles. The van der Waals surface area contributed by atoms with E-state index >= 15 is 0 Å². The summed E-state index contributed by atoms with van der Waals surface area (Å²) in [7, 11) is 0. The zero-order valence-electron chi connectivity index (χ0n) is 24.7. The molecule has 0 aromatic carbocycles. The topological polar surface area (TPSA) is 234 Å². The van der Waals surface area contributed by atoms with Crippen molar-refractivity contribution < 1.29 is 48.0 Å². The standard InChI is InChI=1S/C25H40N8O10/c1-5-16-24(40)26-10-18(34)28-15(4)23(39)31-43-13-21(37)33-9-7-8-17(33)25(41)27-11-19(35)29-14(3)22(38)30-42-12-20(36)32(16)6-2/h14-17H,5-13H2,1-4H3,(H,26,40)(H,27,41)(H,28,34)(H,29,35)(H,30,38)(H,31,39). The third-order valence-corrected chi connectivity index (χ3v) is 6.73. The lowest BCUT2D eigenvalue weighted by molar-refractivity contribution is -0.151. The van der Waals surface area contributed by atoms with E-state index in [9.17, 15) is 38.4 Å². The predicted octanol–water partition coefficient (Wildman–Crippen LogP) is -4.04. The Morgan fingerprint density at radius 3 is 1.74 bits per heavy atom. The normalized spacial score (nSPS) is 26.9. The number of hydrogen-bond donors (Lipinski definition) is 6. The first kappa shape index (κ1) is 34.9. The monoisotopic (exact) mass is 612 g/mol. The van der Waals surface area contributed by atoms with Crippen LogP contribution in [0.25, 0.3) is 0 Å². The summed E-state index contributed by atoms with van der Waals surface area (Å²) in [5.41, 5.74) is 4.12. The Bertz CT molecular complexity index is 1090. The highest BCUT2D eigenvalue weighted by molar-refractivity contribution is 5.94. The molecule has 2 saturated heterocycles. The Kier molecular flexibility index (Phi) is 13.8. The molecule has 18 nitrogen and oxygen atoms in total. The molecule has 0 saturated carbocycles. The molecule has 2 rings (SSSR count). The van der Waals surface area contributed by atoms with Gasteiger partial charge in [0.05, 0.1) is 13.1 Å². The summed E-state index contributed by atoms with van der Waals surface area (Å²) in [6, 6.07) is -4.02. The van der Waals surface area contributed by atoms with Gasteiger partial charge in [0.2, 0.25) is 23.6 Å². The first-order chi connectivity index (χ1) is 20.4. The minimum absolute atomic E-state index is 0.116. The second-order valence-corrected chi connectivity index (χ2v) is 9.87. The number of fused-ring (bicyclic) bond motifs is 1. The second kappa shape index (κ2) is 17.0. The van der Waals surface area contributed by atoms with Crippen LogP contribution in [0.5, 0.6) is 0 Å². The third-order valence-electron chi connectivity index (χ3n) is 6.73. The fraction of sp³-hybridized carbons (Fsp3) is 0.680. The summed E-state index contributed by atoms with van der Waals surface area (Å²) in [6.45, 7) is 4.21. The summed E-state index contributed by atoms with van der Waals surface area (Å²) >= 11 is 0. The molecule has 0 spiro atoms. The molecule has 2 heterocycles. The molecule has 2 aliphatic heterocycles. The van der Waals surface area contributed by atoms with Gasteiger partial charge in [0.25, 0.3) is 23.6 Å². The molecule has 0 radical (unpaired) electrons. The van der Waals surface area contributed by atoms with Crippen molar-refractivity contribution in [3.63, 3.8) is 0 Å². The molecule has 0 bridgehead atoms. The van der Waals surface area contributed by atoms with Crippen LogP contribution in [0.3, 0.4) is 0 Å².